The molecule has 0 aliphatic carbocycles. The van der Waals surface area contributed by atoms with Gasteiger partial charge in [-0.2, -0.15) is 10.1 Å². The molecule has 10 nitrogen and oxygen atoms in total. The third-order valence-electron chi connectivity index (χ3n) is 6.71. The van der Waals surface area contributed by atoms with Gasteiger partial charge in [0.2, 0.25) is 0 Å². The van der Waals surface area contributed by atoms with Crippen LogP contribution in [-0.4, -0.2) is 47.8 Å². The maximum Gasteiger partial charge on any atom is 0.427 e. The van der Waals surface area contributed by atoms with Crippen LogP contribution in [0.5, 0.6) is 0 Å². The smallest absolute Gasteiger partial charge is 0.427 e. The highest BCUT2D eigenvalue weighted by Gasteiger charge is 2.35. The lowest BCUT2D eigenvalue weighted by Gasteiger charge is -2.26. The van der Waals surface area contributed by atoms with Crippen LogP contribution < -0.4 is 4.90 Å². The van der Waals surface area contributed by atoms with E-state index in [1.807, 2.05) is 6.92 Å². The van der Waals surface area contributed by atoms with Gasteiger partial charge in [0.25, 0.3) is 5.95 Å². The molecule has 1 unspecified atom stereocenters. The summed E-state index contributed by atoms with van der Waals surface area (Å²) < 4.78 is 43.4. The van der Waals surface area contributed by atoms with Crippen molar-refractivity contribution in [2.24, 2.45) is 0 Å². The van der Waals surface area contributed by atoms with Crippen LogP contribution in [0.4, 0.5) is 24.3 Å². The van der Waals surface area contributed by atoms with Gasteiger partial charge >= 0.3 is 12.2 Å². The van der Waals surface area contributed by atoms with Gasteiger partial charge in [-0.15, -0.1) is 10.00 Å². The number of carbonyl (C=O) groups excluding carboxylic acids is 2. The molecule has 13 heteroatoms. The molecule has 3 heterocycles. The first-order valence-electron chi connectivity index (χ1n) is 14.4. The van der Waals surface area contributed by atoms with Crippen LogP contribution in [0.2, 0.25) is 5.15 Å². The van der Waals surface area contributed by atoms with E-state index in [9.17, 15) is 14.0 Å². The first-order chi connectivity index (χ1) is 21.5. The largest absolute Gasteiger partial charge is 0.443 e. The molecule has 0 saturated heterocycles. The molecule has 0 aliphatic heterocycles. The Morgan fingerprint density at radius 2 is 1.48 bits per heavy atom. The van der Waals surface area contributed by atoms with E-state index in [2.05, 4.69) is 15.2 Å². The summed E-state index contributed by atoms with van der Waals surface area (Å²) in [6.45, 7) is 11.8. The molecule has 0 bridgehead atoms. The Morgan fingerprint density at radius 1 is 0.870 bits per heavy atom. The zero-order chi connectivity index (χ0) is 33.6. The van der Waals surface area contributed by atoms with Crippen molar-refractivity contribution in [3.05, 3.63) is 89.3 Å². The summed E-state index contributed by atoms with van der Waals surface area (Å²) in [7, 11) is 0. The lowest BCUT2D eigenvalue weighted by Crippen LogP contribution is -2.44. The molecule has 2 aromatic carbocycles. The van der Waals surface area contributed by atoms with E-state index < -0.39 is 29.2 Å². The maximum absolute atomic E-state index is 16.2. The molecule has 240 valence electrons. The van der Waals surface area contributed by atoms with Gasteiger partial charge in [-0.05, 0) is 83.9 Å². The van der Waals surface area contributed by atoms with Crippen LogP contribution in [0.1, 0.15) is 60.1 Å². The number of pyridine rings is 1. The first kappa shape index (κ1) is 32.6. The van der Waals surface area contributed by atoms with Crippen LogP contribution in [0.3, 0.4) is 0 Å². The van der Waals surface area contributed by atoms with Crippen LogP contribution in [-0.2, 0) is 9.47 Å². The molecule has 2 amide bonds. The molecular formula is C33H33ClF2N6O4. The number of imide groups is 1. The van der Waals surface area contributed by atoms with Crippen LogP contribution in [0, 0.1) is 11.6 Å². The van der Waals surface area contributed by atoms with E-state index >= 15 is 4.39 Å². The molecule has 0 saturated carbocycles. The summed E-state index contributed by atoms with van der Waals surface area (Å²) in [5.41, 5.74) is 0.517. The second kappa shape index (κ2) is 12.2. The molecule has 1 atom stereocenters. The van der Waals surface area contributed by atoms with Crippen molar-refractivity contribution in [2.45, 2.75) is 65.7 Å². The summed E-state index contributed by atoms with van der Waals surface area (Å²) in [5, 5.41) is 8.77. The van der Waals surface area contributed by atoms with Crippen molar-refractivity contribution in [1.29, 1.82) is 0 Å². The van der Waals surface area contributed by atoms with E-state index in [4.69, 9.17) is 21.1 Å². The van der Waals surface area contributed by atoms with Crippen molar-refractivity contribution in [3.8, 4) is 22.3 Å². The normalized spacial score (nSPS) is 12.7. The summed E-state index contributed by atoms with van der Waals surface area (Å²) in [6.07, 6.45) is 1.16. The van der Waals surface area contributed by atoms with Crippen molar-refractivity contribution in [2.75, 3.05) is 4.90 Å². The predicted octanol–water partition coefficient (Wildman–Crippen LogP) is 8.48. The van der Waals surface area contributed by atoms with E-state index in [-0.39, 0.29) is 39.7 Å². The zero-order valence-electron chi connectivity index (χ0n) is 26.4. The topological polar surface area (TPSA) is 104 Å². The predicted molar refractivity (Wildman–Crippen MR) is 170 cm³/mol. The van der Waals surface area contributed by atoms with Crippen molar-refractivity contribution >= 4 is 35.4 Å². The van der Waals surface area contributed by atoms with Gasteiger partial charge in [0.1, 0.15) is 22.8 Å². The van der Waals surface area contributed by atoms with Gasteiger partial charge < -0.3 is 9.47 Å². The quantitative estimate of drug-likeness (QED) is 0.188. The fraction of sp³-hybridized carbons (Fsp3) is 0.303. The second-order valence-electron chi connectivity index (χ2n) is 12.6. The molecule has 0 spiro atoms. The number of nitrogens with zero attached hydrogens (tertiary/aromatic N) is 6. The number of hydrogen-bond acceptors (Lipinski definition) is 7. The lowest BCUT2D eigenvalue weighted by atomic mass is 10.00. The highest BCUT2D eigenvalue weighted by Crippen LogP contribution is 2.36. The molecule has 0 aliphatic rings. The number of fused-ring (bicyclic) bond motifs is 1. The SMILES string of the molecule is CC(c1ccc(F)cc1)n1cc(-c2cccc(-c3ccn4nc(N(C(=O)OC(C)(C)C)C(=O)OC(C)(C)C)nc4c3)c2F)c(Cl)n1. The lowest BCUT2D eigenvalue weighted by molar-refractivity contribution is 0.0427. The number of anilines is 1. The summed E-state index contributed by atoms with van der Waals surface area (Å²) in [6, 6.07) is 13.8. The number of benzene rings is 2. The third-order valence-corrected chi connectivity index (χ3v) is 6.99. The Hall–Kier alpha value is -4.84. The molecule has 5 rings (SSSR count). The standard InChI is InChI=1S/C33H33ClF2N6O4/c1-19(20-11-13-22(35)14-12-20)41-18-25(28(34)38-41)24-10-8-9-23(27(24)36)21-15-16-40-26(17-21)37-29(39-40)42(30(43)45-32(2,3)4)31(44)46-33(5,6)7/h8-19H,1-7H3. The fourth-order valence-electron chi connectivity index (χ4n) is 4.59. The number of ether oxygens (including phenoxy) is 2. The summed E-state index contributed by atoms with van der Waals surface area (Å²) >= 11 is 6.49. The number of amides is 2. The van der Waals surface area contributed by atoms with Gasteiger partial charge in [-0.3, -0.25) is 4.68 Å². The number of halogens is 3. The number of hydrogen-bond donors (Lipinski definition) is 0. The maximum atomic E-state index is 16.2. The Morgan fingerprint density at radius 3 is 2.09 bits per heavy atom. The van der Waals surface area contributed by atoms with E-state index in [1.165, 1.54) is 22.8 Å². The van der Waals surface area contributed by atoms with Crippen LogP contribution in [0.25, 0.3) is 27.9 Å². The molecule has 0 N–H and O–H groups in total. The number of aromatic nitrogens is 5. The monoisotopic (exact) mass is 650 g/mol. The fourth-order valence-corrected chi connectivity index (χ4v) is 4.83. The molecule has 0 fully saturated rings. The summed E-state index contributed by atoms with van der Waals surface area (Å²) in [5.74, 6) is -1.17. The zero-order valence-corrected chi connectivity index (χ0v) is 27.1. The Bertz CT molecular complexity index is 1900. The minimum Gasteiger partial charge on any atom is -0.443 e. The Kier molecular flexibility index (Phi) is 8.61. The number of carbonyl (C=O) groups is 2. The van der Waals surface area contributed by atoms with Gasteiger partial charge in [0, 0.05) is 29.1 Å². The highest BCUT2D eigenvalue weighted by molar-refractivity contribution is 6.32. The average Bonchev–Trinajstić information content (AvgIpc) is 3.54. The van der Waals surface area contributed by atoms with Gasteiger partial charge in [-0.1, -0.05) is 41.9 Å². The van der Waals surface area contributed by atoms with Gasteiger partial charge in [0.15, 0.2) is 10.8 Å². The van der Waals surface area contributed by atoms with Crippen LogP contribution >= 0.6 is 11.6 Å². The first-order valence-corrected chi connectivity index (χ1v) is 14.8. The van der Waals surface area contributed by atoms with Gasteiger partial charge in [0.05, 0.1) is 6.04 Å². The third kappa shape index (κ3) is 7.02. The molecule has 3 aromatic heterocycles. The summed E-state index contributed by atoms with van der Waals surface area (Å²) in [4.78, 5) is 31.1. The molecule has 0 radical (unpaired) electrons. The van der Waals surface area contributed by atoms with Crippen molar-refractivity contribution < 1.29 is 27.8 Å². The van der Waals surface area contributed by atoms with E-state index in [0.717, 1.165) is 5.56 Å². The Labute approximate surface area is 269 Å². The highest BCUT2D eigenvalue weighted by atomic mass is 35.5. The van der Waals surface area contributed by atoms with Crippen LogP contribution in [0.15, 0.2) is 67.0 Å². The minimum atomic E-state index is -1.01. The molecule has 46 heavy (non-hydrogen) atoms. The Balaban J connectivity index is 1.50. The van der Waals surface area contributed by atoms with Crippen molar-refractivity contribution in [1.82, 2.24) is 24.4 Å². The number of rotatable bonds is 5. The minimum absolute atomic E-state index is 0.104. The average molecular weight is 651 g/mol. The van der Waals surface area contributed by atoms with E-state index in [1.54, 1.807) is 94.9 Å². The molecular weight excluding hydrogens is 618 g/mol. The van der Waals surface area contributed by atoms with Gasteiger partial charge in [-0.25, -0.2) is 22.9 Å². The molecule has 5 aromatic rings. The second-order valence-corrected chi connectivity index (χ2v) is 13.0. The van der Waals surface area contributed by atoms with E-state index in [0.29, 0.717) is 16.0 Å². The van der Waals surface area contributed by atoms with Crippen molar-refractivity contribution in [3.63, 3.8) is 0 Å².